The molecule has 1 aliphatic rings. The quantitative estimate of drug-likeness (QED) is 0.839. The fourth-order valence-corrected chi connectivity index (χ4v) is 4.00. The minimum absolute atomic E-state index is 0.133. The monoisotopic (exact) mass is 376 g/mol. The van der Waals surface area contributed by atoms with E-state index in [4.69, 9.17) is 9.47 Å². The average Bonchev–Trinajstić information content (AvgIpc) is 3.04. The van der Waals surface area contributed by atoms with Crippen molar-refractivity contribution in [3.8, 4) is 11.5 Å². The minimum atomic E-state index is -3.58. The van der Waals surface area contributed by atoms with E-state index in [0.29, 0.717) is 11.5 Å². The van der Waals surface area contributed by atoms with Crippen molar-refractivity contribution in [1.82, 2.24) is 9.62 Å². The van der Waals surface area contributed by atoms with E-state index in [1.807, 2.05) is 57.1 Å². The number of nitrogens with zero attached hydrogens (tertiary/aromatic N) is 1. The van der Waals surface area contributed by atoms with Gasteiger partial charge in [0.15, 0.2) is 11.5 Å². The molecule has 6 nitrogen and oxygen atoms in total. The van der Waals surface area contributed by atoms with Crippen LogP contribution in [0.2, 0.25) is 0 Å². The molecule has 0 aromatic heterocycles. The molecule has 1 aliphatic heterocycles. The zero-order chi connectivity index (χ0) is 18.9. The molecule has 1 N–H and O–H groups in total. The predicted octanol–water partition coefficient (Wildman–Crippen LogP) is 2.61. The van der Waals surface area contributed by atoms with E-state index in [-0.39, 0.29) is 24.3 Å². The Morgan fingerprint density at radius 3 is 2.46 bits per heavy atom. The zero-order valence-electron chi connectivity index (χ0n) is 15.4. The number of hydrogen-bond acceptors (Lipinski definition) is 5. The van der Waals surface area contributed by atoms with Gasteiger partial charge >= 0.3 is 0 Å². The van der Waals surface area contributed by atoms with Crippen LogP contribution in [0.15, 0.2) is 41.3 Å². The molecule has 2 aromatic rings. The van der Waals surface area contributed by atoms with Gasteiger partial charge in [-0.2, -0.15) is 0 Å². The van der Waals surface area contributed by atoms with Crippen LogP contribution in [0.1, 0.15) is 22.7 Å². The first kappa shape index (κ1) is 18.7. The molecule has 0 amide bonds. The summed E-state index contributed by atoms with van der Waals surface area (Å²) >= 11 is 0. The average molecular weight is 376 g/mol. The molecule has 0 bridgehead atoms. The Hall–Kier alpha value is -2.09. The summed E-state index contributed by atoms with van der Waals surface area (Å²) in [5.41, 5.74) is 2.98. The Kier molecular flexibility index (Phi) is 5.22. The Labute approximate surface area is 154 Å². The Bertz CT molecular complexity index is 910. The van der Waals surface area contributed by atoms with Crippen LogP contribution in [0.5, 0.6) is 11.5 Å². The van der Waals surface area contributed by atoms with Crippen molar-refractivity contribution in [2.75, 3.05) is 27.4 Å². The highest BCUT2D eigenvalue weighted by molar-refractivity contribution is 7.89. The lowest BCUT2D eigenvalue weighted by atomic mass is 10.1. The van der Waals surface area contributed by atoms with Gasteiger partial charge in [0, 0.05) is 12.6 Å². The fourth-order valence-electron chi connectivity index (χ4n) is 2.87. The van der Waals surface area contributed by atoms with Crippen molar-refractivity contribution in [3.63, 3.8) is 0 Å². The van der Waals surface area contributed by atoms with Crippen LogP contribution >= 0.6 is 0 Å². The van der Waals surface area contributed by atoms with E-state index in [9.17, 15) is 8.42 Å². The van der Waals surface area contributed by atoms with E-state index in [1.54, 1.807) is 12.1 Å². The van der Waals surface area contributed by atoms with Crippen LogP contribution in [0, 0.1) is 13.8 Å². The molecule has 0 radical (unpaired) electrons. The van der Waals surface area contributed by atoms with Gasteiger partial charge in [0.05, 0.1) is 4.90 Å². The predicted molar refractivity (Wildman–Crippen MR) is 100 cm³/mol. The topological polar surface area (TPSA) is 67.9 Å². The van der Waals surface area contributed by atoms with Crippen LogP contribution < -0.4 is 14.2 Å². The van der Waals surface area contributed by atoms with Gasteiger partial charge in [0.2, 0.25) is 16.8 Å². The van der Waals surface area contributed by atoms with E-state index in [1.165, 1.54) is 0 Å². The molecule has 7 heteroatoms. The Morgan fingerprint density at radius 2 is 1.77 bits per heavy atom. The van der Waals surface area contributed by atoms with Crippen molar-refractivity contribution in [2.45, 2.75) is 24.8 Å². The summed E-state index contributed by atoms with van der Waals surface area (Å²) < 4.78 is 38.8. The second kappa shape index (κ2) is 7.26. The van der Waals surface area contributed by atoms with Crippen molar-refractivity contribution in [2.24, 2.45) is 0 Å². The molecule has 0 saturated carbocycles. The summed E-state index contributed by atoms with van der Waals surface area (Å²) in [4.78, 5) is 2.25. The van der Waals surface area contributed by atoms with Crippen LogP contribution in [-0.4, -0.2) is 40.8 Å². The van der Waals surface area contributed by atoms with Crippen molar-refractivity contribution in [3.05, 3.63) is 53.1 Å². The molecule has 26 heavy (non-hydrogen) atoms. The maximum absolute atomic E-state index is 12.7. The first-order chi connectivity index (χ1) is 12.3. The third kappa shape index (κ3) is 3.85. The molecular weight excluding hydrogens is 352 g/mol. The summed E-state index contributed by atoms with van der Waals surface area (Å²) in [6, 6.07) is 10.7. The van der Waals surface area contributed by atoms with Gasteiger partial charge < -0.3 is 14.4 Å². The molecule has 0 spiro atoms. The lowest BCUT2D eigenvalue weighted by Crippen LogP contribution is -2.34. The van der Waals surface area contributed by atoms with E-state index < -0.39 is 10.0 Å². The first-order valence-electron chi connectivity index (χ1n) is 8.41. The Balaban J connectivity index is 1.79. The third-order valence-electron chi connectivity index (χ3n) is 4.66. The van der Waals surface area contributed by atoms with E-state index in [2.05, 4.69) is 4.72 Å². The summed E-state index contributed by atoms with van der Waals surface area (Å²) in [6.45, 7) is 4.33. The number of rotatable bonds is 6. The number of nitrogens with one attached hydrogen (secondary N) is 1. The highest BCUT2D eigenvalue weighted by atomic mass is 32.2. The first-order valence-corrected chi connectivity index (χ1v) is 9.89. The highest BCUT2D eigenvalue weighted by Crippen LogP contribution is 2.35. The standard InChI is InChI=1S/C19H24N2O4S/c1-13-5-7-16(9-14(13)2)26(22,23)20-11-17(21(3)4)15-6-8-18-19(10-15)25-12-24-18/h5-10,17,20H,11-12H2,1-4H3. The summed E-state index contributed by atoms with van der Waals surface area (Å²) in [7, 11) is 0.252. The summed E-state index contributed by atoms with van der Waals surface area (Å²) in [5.74, 6) is 1.40. The largest absolute Gasteiger partial charge is 0.454 e. The molecule has 1 unspecified atom stereocenters. The highest BCUT2D eigenvalue weighted by Gasteiger charge is 2.22. The second-order valence-corrected chi connectivity index (χ2v) is 8.46. The molecule has 3 rings (SSSR count). The summed E-state index contributed by atoms with van der Waals surface area (Å²) in [6.07, 6.45) is 0. The number of ether oxygens (including phenoxy) is 2. The van der Waals surface area contributed by atoms with Gasteiger partial charge in [-0.05, 0) is 68.9 Å². The SMILES string of the molecule is Cc1ccc(S(=O)(=O)NCC(c2ccc3c(c2)OCO3)N(C)C)cc1C. The van der Waals surface area contributed by atoms with Crippen molar-refractivity contribution >= 4 is 10.0 Å². The lowest BCUT2D eigenvalue weighted by Gasteiger charge is -2.25. The van der Waals surface area contributed by atoms with Crippen LogP contribution in [-0.2, 0) is 10.0 Å². The molecule has 140 valence electrons. The zero-order valence-corrected chi connectivity index (χ0v) is 16.3. The maximum atomic E-state index is 12.7. The molecule has 1 atom stereocenters. The number of benzene rings is 2. The van der Waals surface area contributed by atoms with Crippen LogP contribution in [0.4, 0.5) is 0 Å². The van der Waals surface area contributed by atoms with Gasteiger partial charge in [-0.3, -0.25) is 0 Å². The molecule has 2 aromatic carbocycles. The molecule has 1 heterocycles. The Morgan fingerprint density at radius 1 is 1.04 bits per heavy atom. The molecular formula is C19H24N2O4S. The number of fused-ring (bicyclic) bond motifs is 1. The molecule has 0 saturated heterocycles. The van der Waals surface area contributed by atoms with E-state index in [0.717, 1.165) is 16.7 Å². The third-order valence-corrected chi connectivity index (χ3v) is 6.08. The van der Waals surface area contributed by atoms with Crippen LogP contribution in [0.25, 0.3) is 0 Å². The number of sulfonamides is 1. The normalized spacial score (nSPS) is 14.7. The number of aryl methyl sites for hydroxylation is 2. The van der Waals surface area contributed by atoms with Crippen molar-refractivity contribution in [1.29, 1.82) is 0 Å². The number of hydrogen-bond donors (Lipinski definition) is 1. The van der Waals surface area contributed by atoms with Gasteiger partial charge in [-0.1, -0.05) is 12.1 Å². The molecule has 0 fully saturated rings. The minimum Gasteiger partial charge on any atom is -0.454 e. The number of likely N-dealkylation sites (N-methyl/N-ethyl adjacent to an activating group) is 1. The van der Waals surface area contributed by atoms with E-state index >= 15 is 0 Å². The van der Waals surface area contributed by atoms with Crippen LogP contribution in [0.3, 0.4) is 0 Å². The van der Waals surface area contributed by atoms with Gasteiger partial charge in [-0.15, -0.1) is 0 Å². The van der Waals surface area contributed by atoms with Crippen molar-refractivity contribution < 1.29 is 17.9 Å². The van der Waals surface area contributed by atoms with Gasteiger partial charge in [0.25, 0.3) is 0 Å². The van der Waals surface area contributed by atoms with Gasteiger partial charge in [0.1, 0.15) is 0 Å². The maximum Gasteiger partial charge on any atom is 0.240 e. The van der Waals surface area contributed by atoms with Gasteiger partial charge in [-0.25, -0.2) is 13.1 Å². The second-order valence-electron chi connectivity index (χ2n) is 6.69. The lowest BCUT2D eigenvalue weighted by molar-refractivity contribution is 0.174. The molecule has 0 aliphatic carbocycles. The summed E-state index contributed by atoms with van der Waals surface area (Å²) in [5, 5.41) is 0. The smallest absolute Gasteiger partial charge is 0.240 e. The fraction of sp³-hybridized carbons (Fsp3) is 0.368.